The highest BCUT2D eigenvalue weighted by atomic mass is 16.5. The molecule has 2 N–H and O–H groups in total. The molecule has 1 unspecified atom stereocenters. The third kappa shape index (κ3) is 3.87. The first-order chi connectivity index (χ1) is 9.49. The number of carbonyl (C=O) groups is 1. The summed E-state index contributed by atoms with van der Waals surface area (Å²) in [6.45, 7) is 3.93. The molecule has 0 bridgehead atoms. The van der Waals surface area contributed by atoms with E-state index in [9.17, 15) is 4.79 Å². The number of nitrogens with one attached hydrogen (secondary N) is 1. The molecular weight excluding hydrogens is 258 g/mol. The van der Waals surface area contributed by atoms with E-state index < -0.39 is 5.54 Å². The summed E-state index contributed by atoms with van der Waals surface area (Å²) in [5.41, 5.74) is 0.0826. The van der Waals surface area contributed by atoms with E-state index in [1.54, 1.807) is 25.3 Å². The van der Waals surface area contributed by atoms with E-state index >= 15 is 0 Å². The van der Waals surface area contributed by atoms with E-state index in [1.165, 1.54) is 7.11 Å². The maximum Gasteiger partial charge on any atom is 0.251 e. The number of carbonyl (C=O) groups excluding carboxylic acids is 1. The Hall–Kier alpha value is -1.75. The fraction of sp³-hybridized carbons (Fsp3) is 0.533. The number of amides is 1. The van der Waals surface area contributed by atoms with Crippen molar-refractivity contribution in [1.82, 2.24) is 5.32 Å². The Morgan fingerprint density at radius 2 is 1.95 bits per heavy atom. The number of methoxy groups -OCH3 is 2. The number of aliphatic hydroxyl groups is 1. The van der Waals surface area contributed by atoms with Crippen LogP contribution in [0.15, 0.2) is 18.2 Å². The monoisotopic (exact) mass is 281 g/mol. The highest BCUT2D eigenvalue weighted by Gasteiger charge is 2.24. The van der Waals surface area contributed by atoms with Gasteiger partial charge in [0.15, 0.2) is 11.5 Å². The number of hydrogen-bond acceptors (Lipinski definition) is 4. The van der Waals surface area contributed by atoms with Crippen LogP contribution in [-0.2, 0) is 0 Å². The summed E-state index contributed by atoms with van der Waals surface area (Å²) >= 11 is 0. The Labute approximate surface area is 119 Å². The third-order valence-electron chi connectivity index (χ3n) is 3.50. The maximum absolute atomic E-state index is 12.3. The zero-order valence-corrected chi connectivity index (χ0v) is 12.5. The van der Waals surface area contributed by atoms with Gasteiger partial charge in [-0.3, -0.25) is 4.79 Å². The quantitative estimate of drug-likeness (QED) is 0.802. The van der Waals surface area contributed by atoms with Gasteiger partial charge in [0.25, 0.3) is 5.91 Å². The number of benzene rings is 1. The first-order valence-corrected chi connectivity index (χ1v) is 6.65. The van der Waals surface area contributed by atoms with Gasteiger partial charge in [-0.2, -0.15) is 0 Å². The van der Waals surface area contributed by atoms with Gasteiger partial charge in [0.1, 0.15) is 0 Å². The van der Waals surface area contributed by atoms with Gasteiger partial charge in [-0.15, -0.1) is 0 Å². The molecule has 1 aromatic rings. The third-order valence-corrected chi connectivity index (χ3v) is 3.50. The highest BCUT2D eigenvalue weighted by molar-refractivity contribution is 5.95. The van der Waals surface area contributed by atoms with Crippen LogP contribution in [-0.4, -0.2) is 37.4 Å². The molecule has 5 nitrogen and oxygen atoms in total. The van der Waals surface area contributed by atoms with Crippen LogP contribution in [0.4, 0.5) is 0 Å². The lowest BCUT2D eigenvalue weighted by Gasteiger charge is -2.29. The van der Waals surface area contributed by atoms with Crippen LogP contribution in [0, 0.1) is 0 Å². The van der Waals surface area contributed by atoms with E-state index in [0.717, 1.165) is 6.42 Å². The van der Waals surface area contributed by atoms with Crippen LogP contribution in [0.25, 0.3) is 0 Å². The lowest BCUT2D eigenvalue weighted by molar-refractivity contribution is 0.0885. The molecule has 5 heteroatoms. The number of ether oxygens (including phenoxy) is 2. The van der Waals surface area contributed by atoms with Crippen LogP contribution < -0.4 is 14.8 Å². The normalized spacial score (nSPS) is 13.4. The predicted octanol–water partition coefficient (Wildman–Crippen LogP) is 1.98. The summed E-state index contributed by atoms with van der Waals surface area (Å²) in [5.74, 6) is 0.905. The van der Waals surface area contributed by atoms with Crippen LogP contribution in [0.2, 0.25) is 0 Å². The molecule has 112 valence electrons. The van der Waals surface area contributed by atoms with Crippen molar-refractivity contribution in [2.24, 2.45) is 0 Å². The molecule has 0 heterocycles. The van der Waals surface area contributed by atoms with E-state index in [-0.39, 0.29) is 12.5 Å². The minimum atomic E-state index is -0.418. The van der Waals surface area contributed by atoms with Crippen LogP contribution >= 0.6 is 0 Å². The van der Waals surface area contributed by atoms with Gasteiger partial charge < -0.3 is 19.9 Å². The molecule has 20 heavy (non-hydrogen) atoms. The van der Waals surface area contributed by atoms with Gasteiger partial charge in [-0.25, -0.2) is 0 Å². The summed E-state index contributed by atoms with van der Waals surface area (Å²) in [7, 11) is 3.08. The van der Waals surface area contributed by atoms with Gasteiger partial charge in [-0.05, 0) is 38.0 Å². The zero-order chi connectivity index (χ0) is 15.2. The second-order valence-electron chi connectivity index (χ2n) is 4.91. The molecule has 0 radical (unpaired) electrons. The second-order valence-corrected chi connectivity index (χ2v) is 4.91. The van der Waals surface area contributed by atoms with Crippen molar-refractivity contribution >= 4 is 5.91 Å². The SMILES string of the molecule is CCC(C)(CCO)NC(=O)c1ccc(OC)c(OC)c1. The Morgan fingerprint density at radius 1 is 1.30 bits per heavy atom. The lowest BCUT2D eigenvalue weighted by Crippen LogP contribution is -2.46. The molecule has 0 aromatic heterocycles. The Bertz CT molecular complexity index is 461. The van der Waals surface area contributed by atoms with E-state index in [1.807, 2.05) is 13.8 Å². The highest BCUT2D eigenvalue weighted by Crippen LogP contribution is 2.27. The van der Waals surface area contributed by atoms with Gasteiger partial charge in [0, 0.05) is 17.7 Å². The van der Waals surface area contributed by atoms with Crippen molar-refractivity contribution in [2.75, 3.05) is 20.8 Å². The Kier molecular flexibility index (Phi) is 5.82. The number of aliphatic hydroxyl groups excluding tert-OH is 1. The van der Waals surface area contributed by atoms with Gasteiger partial charge in [-0.1, -0.05) is 6.92 Å². The zero-order valence-electron chi connectivity index (χ0n) is 12.5. The van der Waals surface area contributed by atoms with Gasteiger partial charge in [0.05, 0.1) is 14.2 Å². The second kappa shape index (κ2) is 7.14. The molecule has 0 aliphatic heterocycles. The molecule has 0 aliphatic carbocycles. The summed E-state index contributed by atoms with van der Waals surface area (Å²) in [6, 6.07) is 5.03. The minimum Gasteiger partial charge on any atom is -0.493 e. The van der Waals surface area contributed by atoms with E-state index in [4.69, 9.17) is 14.6 Å². The molecule has 0 fully saturated rings. The Morgan fingerprint density at radius 3 is 2.45 bits per heavy atom. The lowest BCUT2D eigenvalue weighted by atomic mass is 9.94. The van der Waals surface area contributed by atoms with Gasteiger partial charge >= 0.3 is 0 Å². The molecule has 1 aromatic carbocycles. The first kappa shape index (κ1) is 16.3. The molecular formula is C15H23NO4. The summed E-state index contributed by atoms with van der Waals surface area (Å²) in [5, 5.41) is 12.0. The standard InChI is InChI=1S/C15H23NO4/c1-5-15(2,8-9-17)16-14(18)11-6-7-12(19-3)13(10-11)20-4/h6-7,10,17H,5,8-9H2,1-4H3,(H,16,18). The number of hydrogen-bond donors (Lipinski definition) is 2. The molecule has 1 atom stereocenters. The summed E-state index contributed by atoms with van der Waals surface area (Å²) < 4.78 is 10.3. The van der Waals surface area contributed by atoms with Crippen LogP contribution in [0.5, 0.6) is 11.5 Å². The smallest absolute Gasteiger partial charge is 0.251 e. The molecule has 0 saturated heterocycles. The largest absolute Gasteiger partial charge is 0.493 e. The van der Waals surface area contributed by atoms with E-state index in [0.29, 0.717) is 23.5 Å². The molecule has 0 saturated carbocycles. The Balaban J connectivity index is 2.92. The van der Waals surface area contributed by atoms with E-state index in [2.05, 4.69) is 5.32 Å². The topological polar surface area (TPSA) is 67.8 Å². The van der Waals surface area contributed by atoms with Gasteiger partial charge in [0.2, 0.25) is 0 Å². The average Bonchev–Trinajstić information content (AvgIpc) is 2.46. The van der Waals surface area contributed by atoms with Crippen molar-refractivity contribution in [3.05, 3.63) is 23.8 Å². The molecule has 0 aliphatic rings. The number of rotatable bonds is 7. The summed E-state index contributed by atoms with van der Waals surface area (Å²) in [4.78, 5) is 12.3. The van der Waals surface area contributed by atoms with Crippen molar-refractivity contribution in [2.45, 2.75) is 32.2 Å². The maximum atomic E-state index is 12.3. The predicted molar refractivity (Wildman–Crippen MR) is 77.4 cm³/mol. The molecule has 1 rings (SSSR count). The van der Waals surface area contributed by atoms with Crippen LogP contribution in [0.1, 0.15) is 37.0 Å². The molecule has 1 amide bonds. The van der Waals surface area contributed by atoms with Crippen molar-refractivity contribution in [1.29, 1.82) is 0 Å². The minimum absolute atomic E-state index is 0.0382. The fourth-order valence-electron chi connectivity index (χ4n) is 1.90. The first-order valence-electron chi connectivity index (χ1n) is 6.65. The average molecular weight is 281 g/mol. The van der Waals surface area contributed by atoms with Crippen molar-refractivity contribution in [3.63, 3.8) is 0 Å². The van der Waals surface area contributed by atoms with Crippen molar-refractivity contribution < 1.29 is 19.4 Å². The fourth-order valence-corrected chi connectivity index (χ4v) is 1.90. The van der Waals surface area contributed by atoms with Crippen LogP contribution in [0.3, 0.4) is 0 Å². The van der Waals surface area contributed by atoms with Crippen molar-refractivity contribution in [3.8, 4) is 11.5 Å². The summed E-state index contributed by atoms with van der Waals surface area (Å²) in [6.07, 6.45) is 1.26. The molecule has 0 spiro atoms.